The Kier molecular flexibility index (Phi) is 11.2. The molecule has 0 bridgehead atoms. The fourth-order valence-electron chi connectivity index (χ4n) is 5.33. The molecule has 4 nitrogen and oxygen atoms in total. The van der Waals surface area contributed by atoms with Gasteiger partial charge in [0.25, 0.3) is 0 Å². The molecule has 6 heteroatoms. The number of hydrogen-bond acceptors (Lipinski definition) is 2. The summed E-state index contributed by atoms with van der Waals surface area (Å²) < 4.78 is 0. The number of anilines is 2. The first-order valence-corrected chi connectivity index (χ1v) is 14.1. The van der Waals surface area contributed by atoms with Crippen molar-refractivity contribution in [2.24, 2.45) is 0 Å². The summed E-state index contributed by atoms with van der Waals surface area (Å²) in [6.07, 6.45) is 0. The van der Waals surface area contributed by atoms with E-state index in [0.717, 1.165) is 49.5 Å². The molecular weight excluding hydrogens is 480 g/mol. The van der Waals surface area contributed by atoms with Crippen molar-refractivity contribution in [2.75, 3.05) is 49.1 Å². The highest BCUT2D eigenvalue weighted by atomic mass is 32.1. The molecule has 0 aliphatic rings. The molecule has 0 N–H and O–H groups in total. The van der Waals surface area contributed by atoms with E-state index >= 15 is 0 Å². The highest BCUT2D eigenvalue weighted by Crippen LogP contribution is 2.30. The zero-order chi connectivity index (χ0) is 27.2. The van der Waals surface area contributed by atoms with Crippen molar-refractivity contribution in [2.45, 2.75) is 69.2 Å². The molecule has 0 amide bonds. The summed E-state index contributed by atoms with van der Waals surface area (Å²) in [4.78, 5) is 9.21. The summed E-state index contributed by atoms with van der Waals surface area (Å²) in [6.45, 7) is 26.8. The minimum Gasteiger partial charge on any atom is -0.349 e. The van der Waals surface area contributed by atoms with Crippen LogP contribution in [0.1, 0.15) is 61.1 Å². The van der Waals surface area contributed by atoms with E-state index in [9.17, 15) is 0 Å². The van der Waals surface area contributed by atoms with Crippen molar-refractivity contribution >= 4 is 46.0 Å². The first-order valence-electron chi connectivity index (χ1n) is 13.3. The van der Waals surface area contributed by atoms with Gasteiger partial charge in [-0.25, -0.2) is 0 Å². The molecule has 0 radical (unpaired) electrons. The van der Waals surface area contributed by atoms with Crippen LogP contribution >= 0.6 is 24.4 Å². The predicted molar refractivity (Wildman–Crippen MR) is 167 cm³/mol. The maximum atomic E-state index is 6.12. The second-order valence-electron chi connectivity index (χ2n) is 9.71. The van der Waals surface area contributed by atoms with Crippen molar-refractivity contribution in [3.05, 3.63) is 57.6 Å². The van der Waals surface area contributed by atoms with E-state index in [1.54, 1.807) is 0 Å². The average molecular weight is 527 g/mol. The van der Waals surface area contributed by atoms with E-state index in [4.69, 9.17) is 24.4 Å². The molecule has 0 heterocycles. The normalized spacial score (nSPS) is 10.8. The summed E-state index contributed by atoms with van der Waals surface area (Å²) in [6, 6.07) is 9.03. The first kappa shape index (κ1) is 30.0. The summed E-state index contributed by atoms with van der Waals surface area (Å²) in [5.74, 6) is 0. The molecule has 0 saturated heterocycles. The third kappa shape index (κ3) is 6.77. The van der Waals surface area contributed by atoms with Crippen LogP contribution < -0.4 is 9.80 Å². The second kappa shape index (κ2) is 13.4. The number of hydrogen-bond donors (Lipinski definition) is 0. The van der Waals surface area contributed by atoms with Gasteiger partial charge in [-0.3, -0.25) is 0 Å². The van der Waals surface area contributed by atoms with Gasteiger partial charge in [0.1, 0.15) is 0 Å². The van der Waals surface area contributed by atoms with Gasteiger partial charge in [0, 0.05) is 50.6 Å². The lowest BCUT2D eigenvalue weighted by Gasteiger charge is -2.38. The van der Waals surface area contributed by atoms with Gasteiger partial charge in [0.15, 0.2) is 10.2 Å². The third-order valence-electron chi connectivity index (χ3n) is 6.89. The smallest absolute Gasteiger partial charge is 0.176 e. The van der Waals surface area contributed by atoms with Crippen molar-refractivity contribution in [1.82, 2.24) is 9.80 Å². The van der Waals surface area contributed by atoms with Crippen molar-refractivity contribution in [3.63, 3.8) is 0 Å². The largest absolute Gasteiger partial charge is 0.349 e. The average Bonchev–Trinajstić information content (AvgIpc) is 2.79. The van der Waals surface area contributed by atoms with Crippen LogP contribution in [0, 0.1) is 41.5 Å². The SMILES string of the molecule is CCN(CC)C(=S)N(CCN(C(=S)N(CC)CC)c1c(C)cc(C)cc1C)c1c(C)cc(C)cc1C. The van der Waals surface area contributed by atoms with Gasteiger partial charge < -0.3 is 19.6 Å². The van der Waals surface area contributed by atoms with Crippen LogP contribution in [0.5, 0.6) is 0 Å². The van der Waals surface area contributed by atoms with Crippen LogP contribution in [-0.2, 0) is 0 Å². The molecule has 0 spiro atoms. The van der Waals surface area contributed by atoms with Gasteiger partial charge >= 0.3 is 0 Å². The Hall–Kier alpha value is -2.18. The number of aryl methyl sites for hydroxylation is 6. The summed E-state index contributed by atoms with van der Waals surface area (Å²) in [5, 5.41) is 1.75. The molecule has 0 fully saturated rings. The molecule has 0 unspecified atom stereocenters. The van der Waals surface area contributed by atoms with Crippen molar-refractivity contribution in [3.8, 4) is 0 Å². The molecule has 36 heavy (non-hydrogen) atoms. The van der Waals surface area contributed by atoms with Crippen LogP contribution in [0.3, 0.4) is 0 Å². The lowest BCUT2D eigenvalue weighted by Crippen LogP contribution is -2.50. The number of benzene rings is 2. The van der Waals surface area contributed by atoms with Gasteiger partial charge in [-0.05, 0) is 116 Å². The molecule has 0 aromatic heterocycles. The molecule has 2 aromatic carbocycles. The van der Waals surface area contributed by atoms with E-state index in [0.29, 0.717) is 0 Å². The Morgan fingerprint density at radius 3 is 1.00 bits per heavy atom. The lowest BCUT2D eigenvalue weighted by atomic mass is 10.0. The quantitative estimate of drug-likeness (QED) is 0.321. The number of nitrogens with zero attached hydrogens (tertiary/aromatic N) is 4. The van der Waals surface area contributed by atoms with E-state index < -0.39 is 0 Å². The first-order chi connectivity index (χ1) is 17.0. The molecular formula is C30H46N4S2. The molecule has 198 valence electrons. The zero-order valence-electron chi connectivity index (χ0n) is 24.2. The monoisotopic (exact) mass is 526 g/mol. The Balaban J connectivity index is 2.60. The highest BCUT2D eigenvalue weighted by Gasteiger charge is 2.25. The highest BCUT2D eigenvalue weighted by molar-refractivity contribution is 7.80. The van der Waals surface area contributed by atoms with Gasteiger partial charge in [-0.1, -0.05) is 35.4 Å². The fraction of sp³-hybridized carbons (Fsp3) is 0.533. The Labute approximate surface area is 231 Å². The Bertz CT molecular complexity index is 939. The lowest BCUT2D eigenvalue weighted by molar-refractivity contribution is 0.460. The second-order valence-corrected chi connectivity index (χ2v) is 10.4. The van der Waals surface area contributed by atoms with E-state index in [1.165, 1.54) is 44.8 Å². The van der Waals surface area contributed by atoms with Gasteiger partial charge in [0.05, 0.1) is 0 Å². The molecule has 2 aromatic rings. The van der Waals surface area contributed by atoms with Crippen LogP contribution in [-0.4, -0.2) is 59.3 Å². The Morgan fingerprint density at radius 2 is 0.778 bits per heavy atom. The predicted octanol–water partition coefficient (Wildman–Crippen LogP) is 7.10. The van der Waals surface area contributed by atoms with E-state index in [2.05, 4.69) is 113 Å². The van der Waals surface area contributed by atoms with Gasteiger partial charge in [-0.2, -0.15) is 0 Å². The summed E-state index contributed by atoms with van der Waals surface area (Å²) in [7, 11) is 0. The molecule has 0 saturated carbocycles. The van der Waals surface area contributed by atoms with E-state index in [-0.39, 0.29) is 0 Å². The molecule has 0 aliphatic carbocycles. The molecule has 0 aliphatic heterocycles. The minimum absolute atomic E-state index is 0.744. The van der Waals surface area contributed by atoms with Crippen LogP contribution in [0.2, 0.25) is 0 Å². The standard InChI is InChI=1S/C30H46N4S2/c1-11-31(12-2)29(35)33(27-23(7)17-21(5)18-24(27)8)15-16-34(30(36)32(13-3)14-4)28-25(9)19-22(6)20-26(28)10/h17-20H,11-16H2,1-10H3. The van der Waals surface area contributed by atoms with Crippen LogP contribution in [0.25, 0.3) is 0 Å². The molecule has 2 rings (SSSR count). The topological polar surface area (TPSA) is 13.0 Å². The van der Waals surface area contributed by atoms with Gasteiger partial charge in [-0.15, -0.1) is 0 Å². The fourth-order valence-corrected chi connectivity index (χ4v) is 6.21. The van der Waals surface area contributed by atoms with Crippen LogP contribution in [0.15, 0.2) is 24.3 Å². The summed E-state index contributed by atoms with van der Waals surface area (Å²) in [5.41, 5.74) is 9.98. The van der Waals surface area contributed by atoms with E-state index in [1.807, 2.05) is 0 Å². The van der Waals surface area contributed by atoms with Crippen molar-refractivity contribution < 1.29 is 0 Å². The number of rotatable bonds is 9. The minimum atomic E-state index is 0.744. The van der Waals surface area contributed by atoms with Crippen LogP contribution in [0.4, 0.5) is 11.4 Å². The Morgan fingerprint density at radius 1 is 0.528 bits per heavy atom. The van der Waals surface area contributed by atoms with Gasteiger partial charge in [0.2, 0.25) is 0 Å². The zero-order valence-corrected chi connectivity index (χ0v) is 25.8. The summed E-state index contributed by atoms with van der Waals surface area (Å²) >= 11 is 12.2. The third-order valence-corrected chi connectivity index (χ3v) is 7.84. The molecule has 0 atom stereocenters. The maximum absolute atomic E-state index is 6.12. The number of thiocarbonyl (C=S) groups is 2. The van der Waals surface area contributed by atoms with Crippen molar-refractivity contribution in [1.29, 1.82) is 0 Å². The maximum Gasteiger partial charge on any atom is 0.176 e.